The van der Waals surface area contributed by atoms with Crippen molar-refractivity contribution in [2.24, 2.45) is 0 Å². The van der Waals surface area contributed by atoms with Gasteiger partial charge in [-0.2, -0.15) is 15.1 Å². The molecule has 0 atom stereocenters. The number of imide groups is 1. The minimum absolute atomic E-state index is 0.0370. The molecule has 0 saturated heterocycles. The van der Waals surface area contributed by atoms with Crippen LogP contribution in [0.3, 0.4) is 0 Å². The first-order valence-corrected chi connectivity index (χ1v) is 11.8. The summed E-state index contributed by atoms with van der Waals surface area (Å²) in [5, 5.41) is 10.5. The number of fused-ring (bicyclic) bond motifs is 1. The van der Waals surface area contributed by atoms with Crippen LogP contribution in [0.5, 0.6) is 5.75 Å². The van der Waals surface area contributed by atoms with E-state index in [4.69, 9.17) is 25.8 Å². The number of carbonyl (C=O) groups is 2. The number of benzene rings is 1. The van der Waals surface area contributed by atoms with E-state index in [1.165, 1.54) is 17.9 Å². The van der Waals surface area contributed by atoms with Crippen molar-refractivity contribution < 1.29 is 23.8 Å². The molecule has 0 spiro atoms. The van der Waals surface area contributed by atoms with Gasteiger partial charge in [0.05, 0.1) is 18.2 Å². The average Bonchev–Trinajstić information content (AvgIpc) is 3.04. The van der Waals surface area contributed by atoms with Crippen molar-refractivity contribution in [2.45, 2.75) is 66.6 Å². The molecule has 0 aliphatic heterocycles. The third-order valence-corrected chi connectivity index (χ3v) is 5.34. The number of hydrogen-bond donors (Lipinski definition) is 0. The lowest BCUT2D eigenvalue weighted by Gasteiger charge is -2.29. The van der Waals surface area contributed by atoms with Crippen LogP contribution in [0.2, 0.25) is 5.28 Å². The van der Waals surface area contributed by atoms with Gasteiger partial charge in [0, 0.05) is 11.8 Å². The van der Waals surface area contributed by atoms with Gasteiger partial charge < -0.3 is 14.2 Å². The van der Waals surface area contributed by atoms with E-state index in [2.05, 4.69) is 16.0 Å². The Kier molecular flexibility index (Phi) is 7.42. The maximum atomic E-state index is 13.6. The Morgan fingerprint density at radius 2 is 1.62 bits per heavy atom. The lowest BCUT2D eigenvalue weighted by Crippen LogP contribution is -2.45. The molecule has 0 fully saturated rings. The highest BCUT2D eigenvalue weighted by atomic mass is 35.5. The molecule has 0 unspecified atom stereocenters. The molecular weight excluding hydrogens is 498 g/mol. The minimum atomic E-state index is -1.03. The summed E-state index contributed by atoms with van der Waals surface area (Å²) in [6.45, 7) is 13.7. The number of hydrogen-bond acceptors (Lipinski definition) is 8. The molecule has 0 aliphatic carbocycles. The largest absolute Gasteiger partial charge is 0.496 e. The first kappa shape index (κ1) is 27.7. The maximum Gasteiger partial charge on any atom is 0.425 e. The fraction of sp³-hybridized carbons (Fsp3) is 0.423. The van der Waals surface area contributed by atoms with Crippen molar-refractivity contribution in [3.8, 4) is 17.5 Å². The summed E-state index contributed by atoms with van der Waals surface area (Å²) < 4.78 is 18.2. The molecule has 1 aromatic carbocycles. The summed E-state index contributed by atoms with van der Waals surface area (Å²) in [5.41, 5.74) is 0.232. The number of methoxy groups -OCH3 is 1. The van der Waals surface area contributed by atoms with Gasteiger partial charge in [0.25, 0.3) is 0 Å². The highest BCUT2D eigenvalue weighted by molar-refractivity contribution is 6.28. The highest BCUT2D eigenvalue weighted by Gasteiger charge is 2.39. The molecular formula is C26H30ClN5O5. The summed E-state index contributed by atoms with van der Waals surface area (Å²) in [6, 6.07) is 5.71. The lowest BCUT2D eigenvalue weighted by molar-refractivity contribution is 0.0428. The van der Waals surface area contributed by atoms with E-state index in [9.17, 15) is 14.9 Å². The third kappa shape index (κ3) is 5.62. The molecule has 0 aliphatic rings. The van der Waals surface area contributed by atoms with Gasteiger partial charge in [-0.05, 0) is 78.6 Å². The van der Waals surface area contributed by atoms with Crippen LogP contribution >= 0.6 is 11.6 Å². The Bertz CT molecular complexity index is 1400. The van der Waals surface area contributed by atoms with Gasteiger partial charge in [0.1, 0.15) is 28.6 Å². The van der Waals surface area contributed by atoms with E-state index >= 15 is 0 Å². The van der Waals surface area contributed by atoms with Crippen molar-refractivity contribution in [1.82, 2.24) is 14.5 Å². The number of carbonyl (C=O) groups excluding carboxylic acids is 2. The molecule has 2 amide bonds. The highest BCUT2D eigenvalue weighted by Crippen LogP contribution is 2.40. The van der Waals surface area contributed by atoms with E-state index in [-0.39, 0.29) is 27.7 Å². The van der Waals surface area contributed by atoms with Crippen molar-refractivity contribution in [2.75, 3.05) is 12.0 Å². The molecule has 0 N–H and O–H groups in total. The summed E-state index contributed by atoms with van der Waals surface area (Å²) in [6.07, 6.45) is -0.685. The minimum Gasteiger partial charge on any atom is -0.496 e. The third-order valence-electron chi connectivity index (χ3n) is 5.16. The van der Waals surface area contributed by atoms with Crippen LogP contribution in [0.15, 0.2) is 18.3 Å². The number of halogens is 1. The van der Waals surface area contributed by atoms with Gasteiger partial charge in [0.15, 0.2) is 11.5 Å². The molecule has 2 aromatic heterocycles. The zero-order valence-corrected chi connectivity index (χ0v) is 23.1. The zero-order valence-electron chi connectivity index (χ0n) is 22.4. The predicted molar refractivity (Wildman–Crippen MR) is 140 cm³/mol. The van der Waals surface area contributed by atoms with Crippen LogP contribution in [-0.2, 0) is 9.47 Å². The van der Waals surface area contributed by atoms with Crippen LogP contribution in [0.25, 0.3) is 16.7 Å². The first-order chi connectivity index (χ1) is 17.1. The smallest absolute Gasteiger partial charge is 0.425 e. The zero-order chi connectivity index (χ0) is 27.9. The molecule has 2 heterocycles. The van der Waals surface area contributed by atoms with Gasteiger partial charge in [-0.25, -0.2) is 14.6 Å². The number of amides is 2. The number of ether oxygens (including phenoxy) is 3. The Hall–Kier alpha value is -3.84. The number of anilines is 1. The summed E-state index contributed by atoms with van der Waals surface area (Å²) >= 11 is 6.16. The SMILES string of the molecule is COc1ccc(C)c(-n2c(N(C(=O)OC(C)(C)C)C(=O)OC(C)(C)C)c(C#N)c3cnc(Cl)nc32)c1C. The number of nitrogens with zero attached hydrogens (tertiary/aromatic N) is 5. The summed E-state index contributed by atoms with van der Waals surface area (Å²) in [5.74, 6) is 0.435. The van der Waals surface area contributed by atoms with Crippen molar-refractivity contribution in [3.05, 3.63) is 40.3 Å². The van der Waals surface area contributed by atoms with Gasteiger partial charge in [0.2, 0.25) is 5.28 Å². The van der Waals surface area contributed by atoms with Crippen LogP contribution in [0.1, 0.15) is 58.2 Å². The molecule has 37 heavy (non-hydrogen) atoms. The summed E-state index contributed by atoms with van der Waals surface area (Å²) in [7, 11) is 1.53. The molecule has 0 saturated carbocycles. The van der Waals surface area contributed by atoms with E-state index in [1.54, 1.807) is 47.6 Å². The number of aryl methyl sites for hydroxylation is 1. The van der Waals surface area contributed by atoms with Gasteiger partial charge in [-0.3, -0.25) is 4.57 Å². The van der Waals surface area contributed by atoms with Crippen LogP contribution in [-0.4, -0.2) is 45.0 Å². The van der Waals surface area contributed by atoms with Crippen LogP contribution in [0, 0.1) is 25.2 Å². The van der Waals surface area contributed by atoms with E-state index in [0.717, 1.165) is 5.56 Å². The fourth-order valence-corrected chi connectivity index (χ4v) is 3.94. The van der Waals surface area contributed by atoms with E-state index < -0.39 is 23.4 Å². The molecule has 0 radical (unpaired) electrons. The topological polar surface area (TPSA) is 120 Å². The molecule has 0 bridgehead atoms. The van der Waals surface area contributed by atoms with Crippen LogP contribution < -0.4 is 9.64 Å². The maximum absolute atomic E-state index is 13.6. The molecule has 3 rings (SSSR count). The lowest BCUT2D eigenvalue weighted by atomic mass is 10.1. The van der Waals surface area contributed by atoms with E-state index in [0.29, 0.717) is 21.9 Å². The number of aromatic nitrogens is 3. The second-order valence-corrected chi connectivity index (χ2v) is 10.7. The molecule has 11 heteroatoms. The molecule has 10 nitrogen and oxygen atoms in total. The Morgan fingerprint density at radius 1 is 1.05 bits per heavy atom. The van der Waals surface area contributed by atoms with Crippen molar-refractivity contribution in [1.29, 1.82) is 5.26 Å². The van der Waals surface area contributed by atoms with Crippen molar-refractivity contribution in [3.63, 3.8) is 0 Å². The first-order valence-electron chi connectivity index (χ1n) is 11.5. The second kappa shape index (κ2) is 9.90. The number of rotatable bonds is 3. The van der Waals surface area contributed by atoms with Gasteiger partial charge in [-0.15, -0.1) is 0 Å². The van der Waals surface area contributed by atoms with E-state index in [1.807, 2.05) is 19.9 Å². The predicted octanol–water partition coefficient (Wildman–Crippen LogP) is 6.25. The fourth-order valence-electron chi connectivity index (χ4n) is 3.81. The van der Waals surface area contributed by atoms with Crippen LogP contribution in [0.4, 0.5) is 15.4 Å². The Morgan fingerprint density at radius 3 is 2.11 bits per heavy atom. The number of nitriles is 1. The standard InChI is InChI=1S/C26H30ClN5O5/c1-14-10-11-18(35-9)15(2)19(14)31-20-17(13-29-22(27)30-20)16(12-28)21(31)32(23(33)36-25(3,4)5)24(34)37-26(6,7)8/h10-11,13H,1-9H3. The summed E-state index contributed by atoms with van der Waals surface area (Å²) in [4.78, 5) is 36.2. The van der Waals surface area contributed by atoms with Crippen molar-refractivity contribution >= 4 is 40.6 Å². The van der Waals surface area contributed by atoms with Gasteiger partial charge >= 0.3 is 12.2 Å². The monoisotopic (exact) mass is 527 g/mol. The average molecular weight is 528 g/mol. The molecule has 196 valence electrons. The second-order valence-electron chi connectivity index (χ2n) is 10.4. The normalized spacial score (nSPS) is 11.7. The van der Waals surface area contributed by atoms with Gasteiger partial charge in [-0.1, -0.05) is 6.07 Å². The Labute approximate surface area is 220 Å². The quantitative estimate of drug-likeness (QED) is 0.366. The Balaban J connectivity index is 2.53. The molecule has 3 aromatic rings.